The molecule has 0 bridgehead atoms. The molecule has 4 heteroatoms. The minimum absolute atomic E-state index is 0.0591. The SMILES string of the molecule is C=C(C=O)C1Cc2c(ccc(C(C)=O)c2O)O1. The molecule has 0 saturated carbocycles. The predicted molar refractivity (Wildman–Crippen MR) is 61.4 cm³/mol. The van der Waals surface area contributed by atoms with Crippen molar-refractivity contribution in [1.82, 2.24) is 0 Å². The summed E-state index contributed by atoms with van der Waals surface area (Å²) in [4.78, 5) is 21.9. The number of phenols is 1. The molecule has 0 fully saturated rings. The second kappa shape index (κ2) is 4.05. The van der Waals surface area contributed by atoms with E-state index >= 15 is 0 Å². The third-order valence-corrected chi connectivity index (χ3v) is 2.84. The summed E-state index contributed by atoms with van der Waals surface area (Å²) in [7, 11) is 0. The Morgan fingerprint density at radius 2 is 2.29 bits per heavy atom. The smallest absolute Gasteiger partial charge is 0.163 e. The van der Waals surface area contributed by atoms with Gasteiger partial charge in [0.2, 0.25) is 0 Å². The number of hydrogen-bond donors (Lipinski definition) is 1. The summed E-state index contributed by atoms with van der Waals surface area (Å²) in [6, 6.07) is 3.15. The maximum Gasteiger partial charge on any atom is 0.163 e. The predicted octanol–water partition coefficient (Wildman–Crippen LogP) is 1.65. The minimum Gasteiger partial charge on any atom is -0.507 e. The first kappa shape index (κ1) is 11.4. The fraction of sp³-hybridized carbons (Fsp3) is 0.231. The van der Waals surface area contributed by atoms with Crippen LogP contribution in [0.5, 0.6) is 11.5 Å². The molecule has 1 aliphatic rings. The van der Waals surface area contributed by atoms with Crippen molar-refractivity contribution in [3.8, 4) is 11.5 Å². The van der Waals surface area contributed by atoms with Crippen LogP contribution in [-0.2, 0) is 11.2 Å². The highest BCUT2D eigenvalue weighted by molar-refractivity contribution is 5.97. The van der Waals surface area contributed by atoms with Gasteiger partial charge in [0, 0.05) is 17.6 Å². The Labute approximate surface area is 98.5 Å². The monoisotopic (exact) mass is 232 g/mol. The number of carbonyl (C=O) groups is 2. The molecule has 1 aromatic carbocycles. The van der Waals surface area contributed by atoms with Crippen LogP contribution < -0.4 is 4.74 Å². The van der Waals surface area contributed by atoms with Crippen molar-refractivity contribution in [3.63, 3.8) is 0 Å². The molecular formula is C13H12O4. The van der Waals surface area contributed by atoms with E-state index < -0.39 is 6.10 Å². The van der Waals surface area contributed by atoms with Crippen LogP contribution in [0, 0.1) is 0 Å². The Morgan fingerprint density at radius 1 is 1.59 bits per heavy atom. The molecule has 1 N–H and O–H groups in total. The first-order chi connectivity index (χ1) is 8.04. The molecular weight excluding hydrogens is 220 g/mol. The van der Waals surface area contributed by atoms with Gasteiger partial charge in [-0.2, -0.15) is 0 Å². The molecule has 1 aliphatic heterocycles. The molecule has 1 aromatic rings. The molecule has 0 spiro atoms. The Hall–Kier alpha value is -2.10. The zero-order valence-corrected chi connectivity index (χ0v) is 9.40. The van der Waals surface area contributed by atoms with Gasteiger partial charge in [0.15, 0.2) is 5.78 Å². The van der Waals surface area contributed by atoms with Crippen LogP contribution in [0.3, 0.4) is 0 Å². The highest BCUT2D eigenvalue weighted by Gasteiger charge is 2.29. The Kier molecular flexibility index (Phi) is 2.71. The molecule has 0 aliphatic carbocycles. The number of hydrogen-bond acceptors (Lipinski definition) is 4. The zero-order chi connectivity index (χ0) is 12.6. The first-order valence-corrected chi connectivity index (χ1v) is 5.21. The third kappa shape index (κ3) is 1.82. The van der Waals surface area contributed by atoms with Crippen LogP contribution in [0.2, 0.25) is 0 Å². The topological polar surface area (TPSA) is 63.6 Å². The number of fused-ring (bicyclic) bond motifs is 1. The number of aldehydes is 1. The molecule has 1 heterocycles. The Balaban J connectivity index is 2.39. The van der Waals surface area contributed by atoms with E-state index in [-0.39, 0.29) is 17.1 Å². The maximum absolute atomic E-state index is 11.3. The number of Topliss-reactive ketones (excluding diaryl/α,β-unsaturated/α-hetero) is 1. The van der Waals surface area contributed by atoms with E-state index in [1.54, 1.807) is 6.07 Å². The van der Waals surface area contributed by atoms with E-state index in [1.165, 1.54) is 13.0 Å². The highest BCUT2D eigenvalue weighted by Crippen LogP contribution is 2.39. The van der Waals surface area contributed by atoms with Crippen molar-refractivity contribution in [3.05, 3.63) is 35.4 Å². The second-order valence-corrected chi connectivity index (χ2v) is 4.00. The van der Waals surface area contributed by atoms with E-state index in [0.29, 0.717) is 29.6 Å². The minimum atomic E-state index is -0.449. The van der Waals surface area contributed by atoms with Crippen LogP contribution in [0.25, 0.3) is 0 Å². The molecule has 1 unspecified atom stereocenters. The van der Waals surface area contributed by atoms with Gasteiger partial charge in [-0.3, -0.25) is 9.59 Å². The number of benzene rings is 1. The molecule has 88 valence electrons. The van der Waals surface area contributed by atoms with Crippen LogP contribution in [0.15, 0.2) is 24.3 Å². The summed E-state index contributed by atoms with van der Waals surface area (Å²) >= 11 is 0. The molecule has 2 rings (SSSR count). The highest BCUT2D eigenvalue weighted by atomic mass is 16.5. The fourth-order valence-electron chi connectivity index (χ4n) is 1.87. The van der Waals surface area contributed by atoms with Crippen molar-refractivity contribution in [2.75, 3.05) is 0 Å². The summed E-state index contributed by atoms with van der Waals surface area (Å²) in [5.74, 6) is 0.236. The standard InChI is InChI=1S/C13H12O4/c1-7(6-14)12-5-10-11(17-12)4-3-9(8(2)15)13(10)16/h3-4,6,12,16H,1,5H2,2H3. The van der Waals surface area contributed by atoms with E-state index in [0.717, 1.165) is 0 Å². The van der Waals surface area contributed by atoms with Gasteiger partial charge < -0.3 is 9.84 Å². The summed E-state index contributed by atoms with van der Waals surface area (Å²) in [5.41, 5.74) is 1.15. The number of carbonyl (C=O) groups excluding carboxylic acids is 2. The molecule has 0 aromatic heterocycles. The van der Waals surface area contributed by atoms with Gasteiger partial charge in [-0.05, 0) is 19.1 Å². The second-order valence-electron chi connectivity index (χ2n) is 4.00. The summed E-state index contributed by atoms with van der Waals surface area (Å²) in [5, 5.41) is 9.93. The van der Waals surface area contributed by atoms with Gasteiger partial charge in [0.1, 0.15) is 23.9 Å². The molecule has 0 radical (unpaired) electrons. The van der Waals surface area contributed by atoms with Crippen molar-refractivity contribution in [2.45, 2.75) is 19.4 Å². The average Bonchev–Trinajstić information content (AvgIpc) is 2.72. The van der Waals surface area contributed by atoms with E-state index in [2.05, 4.69) is 6.58 Å². The van der Waals surface area contributed by atoms with Gasteiger partial charge >= 0.3 is 0 Å². The Morgan fingerprint density at radius 3 is 2.88 bits per heavy atom. The van der Waals surface area contributed by atoms with Gasteiger partial charge in [-0.1, -0.05) is 6.58 Å². The molecule has 1 atom stereocenters. The van der Waals surface area contributed by atoms with Crippen molar-refractivity contribution < 1.29 is 19.4 Å². The van der Waals surface area contributed by atoms with Gasteiger partial charge in [-0.15, -0.1) is 0 Å². The quantitative estimate of drug-likeness (QED) is 0.489. The van der Waals surface area contributed by atoms with Crippen molar-refractivity contribution in [2.24, 2.45) is 0 Å². The zero-order valence-electron chi connectivity index (χ0n) is 9.40. The van der Waals surface area contributed by atoms with Crippen LogP contribution in [0.4, 0.5) is 0 Å². The summed E-state index contributed by atoms with van der Waals surface area (Å²) in [6.45, 7) is 4.97. The normalized spacial score (nSPS) is 17.1. The lowest BCUT2D eigenvalue weighted by Gasteiger charge is -2.07. The number of ketones is 1. The van der Waals surface area contributed by atoms with E-state index in [9.17, 15) is 14.7 Å². The number of aromatic hydroxyl groups is 1. The summed E-state index contributed by atoms with van der Waals surface area (Å²) in [6.07, 6.45) is 0.551. The fourth-order valence-corrected chi connectivity index (χ4v) is 1.87. The van der Waals surface area contributed by atoms with Crippen LogP contribution >= 0.6 is 0 Å². The average molecular weight is 232 g/mol. The molecule has 0 saturated heterocycles. The van der Waals surface area contributed by atoms with Crippen molar-refractivity contribution >= 4 is 12.1 Å². The molecule has 17 heavy (non-hydrogen) atoms. The maximum atomic E-state index is 11.3. The van der Waals surface area contributed by atoms with E-state index in [4.69, 9.17) is 4.74 Å². The van der Waals surface area contributed by atoms with Crippen molar-refractivity contribution in [1.29, 1.82) is 0 Å². The lowest BCUT2D eigenvalue weighted by molar-refractivity contribution is -0.105. The largest absolute Gasteiger partial charge is 0.507 e. The Bertz CT molecular complexity index is 516. The molecule has 4 nitrogen and oxygen atoms in total. The lowest BCUT2D eigenvalue weighted by atomic mass is 10.0. The number of ether oxygens (including phenoxy) is 1. The number of rotatable bonds is 3. The first-order valence-electron chi connectivity index (χ1n) is 5.21. The van der Waals surface area contributed by atoms with Crippen LogP contribution in [-0.4, -0.2) is 23.3 Å². The lowest BCUT2D eigenvalue weighted by Crippen LogP contribution is -2.16. The third-order valence-electron chi connectivity index (χ3n) is 2.84. The number of phenolic OH excluding ortho intramolecular Hbond substituents is 1. The van der Waals surface area contributed by atoms with Gasteiger partial charge in [0.05, 0.1) is 5.56 Å². The van der Waals surface area contributed by atoms with E-state index in [1.807, 2.05) is 0 Å². The van der Waals surface area contributed by atoms with Gasteiger partial charge in [-0.25, -0.2) is 0 Å². The molecule has 0 amide bonds. The summed E-state index contributed by atoms with van der Waals surface area (Å²) < 4.78 is 5.47. The van der Waals surface area contributed by atoms with Gasteiger partial charge in [0.25, 0.3) is 0 Å². The van der Waals surface area contributed by atoms with Crippen LogP contribution in [0.1, 0.15) is 22.8 Å².